The third-order valence-corrected chi connectivity index (χ3v) is 7.18. The molecule has 0 bridgehead atoms. The minimum absolute atomic E-state index is 0. The van der Waals surface area contributed by atoms with Gasteiger partial charge in [-0.25, -0.2) is 0 Å². The van der Waals surface area contributed by atoms with Crippen molar-refractivity contribution < 1.29 is 19.5 Å². The number of benzene rings is 4. The standard InChI is InChI=1S/C18H14N2.2C10H8N2.Rh/c19-17-15-8-4-3-7-13(15)14-10-9-11-5-1-2-6-12(11)16(14)18(17)20;2*1-3-7-11-9(5-1)10-6-2-4-8-12-10;/h1-10H,19-20H2;2*1-8H;/q;;;+3. The topological polar surface area (TPSA) is 104 Å². The molecule has 0 saturated carbocycles. The first-order chi connectivity index (χ1) is 21.7. The van der Waals surface area contributed by atoms with Gasteiger partial charge in [0.05, 0.1) is 34.2 Å². The molecule has 0 fully saturated rings. The summed E-state index contributed by atoms with van der Waals surface area (Å²) < 4.78 is 0. The van der Waals surface area contributed by atoms with E-state index in [2.05, 4.69) is 50.3 Å². The van der Waals surface area contributed by atoms with Gasteiger partial charge in [-0.1, -0.05) is 84.9 Å². The third kappa shape index (κ3) is 7.01. The zero-order chi connectivity index (χ0) is 30.1. The summed E-state index contributed by atoms with van der Waals surface area (Å²) in [5.74, 6) is 0. The normalized spacial score (nSPS) is 10.2. The predicted octanol–water partition coefficient (Wildman–Crippen LogP) is 8.60. The van der Waals surface area contributed by atoms with Crippen LogP contribution in [0.15, 0.2) is 158 Å². The molecule has 0 aliphatic rings. The van der Waals surface area contributed by atoms with Crippen molar-refractivity contribution in [3.8, 4) is 22.8 Å². The fraction of sp³-hybridized carbons (Fsp3) is 0. The first kappa shape index (κ1) is 30.9. The molecule has 0 aliphatic carbocycles. The molecule has 0 spiro atoms. The number of fused-ring (bicyclic) bond motifs is 5. The summed E-state index contributed by atoms with van der Waals surface area (Å²) in [6.07, 6.45) is 7.07. The average molecular weight is 674 g/mol. The third-order valence-electron chi connectivity index (χ3n) is 7.18. The Labute approximate surface area is 274 Å². The summed E-state index contributed by atoms with van der Waals surface area (Å²) in [7, 11) is 0. The van der Waals surface area contributed by atoms with Gasteiger partial charge in [0.2, 0.25) is 0 Å². The molecule has 0 amide bonds. The molecule has 4 aromatic heterocycles. The number of pyridine rings is 4. The van der Waals surface area contributed by atoms with Gasteiger partial charge in [-0.2, -0.15) is 0 Å². The van der Waals surface area contributed by atoms with Crippen LogP contribution in [0.4, 0.5) is 11.4 Å². The van der Waals surface area contributed by atoms with Gasteiger partial charge in [-0.3, -0.25) is 19.9 Å². The number of anilines is 2. The van der Waals surface area contributed by atoms with Gasteiger partial charge in [0.15, 0.2) is 0 Å². The van der Waals surface area contributed by atoms with E-state index in [1.54, 1.807) is 24.8 Å². The summed E-state index contributed by atoms with van der Waals surface area (Å²) in [5.41, 5.74) is 17.6. The van der Waals surface area contributed by atoms with Crippen molar-refractivity contribution in [2.75, 3.05) is 11.5 Å². The van der Waals surface area contributed by atoms with E-state index in [1.807, 2.05) is 103 Å². The van der Waals surface area contributed by atoms with Crippen molar-refractivity contribution in [1.82, 2.24) is 19.9 Å². The van der Waals surface area contributed by atoms with Gasteiger partial charge in [0.1, 0.15) is 0 Å². The van der Waals surface area contributed by atoms with Crippen molar-refractivity contribution in [2.24, 2.45) is 0 Å². The number of aromatic nitrogens is 4. The molecular formula is C38H30N6Rh+3. The van der Waals surface area contributed by atoms with Crippen LogP contribution in [-0.4, -0.2) is 19.9 Å². The van der Waals surface area contributed by atoms with Gasteiger partial charge >= 0.3 is 19.5 Å². The summed E-state index contributed by atoms with van der Waals surface area (Å²) in [4.78, 5) is 16.7. The van der Waals surface area contributed by atoms with E-state index < -0.39 is 0 Å². The minimum Gasteiger partial charge on any atom is -0.397 e. The maximum atomic E-state index is 6.33. The van der Waals surface area contributed by atoms with Crippen molar-refractivity contribution in [3.05, 3.63) is 158 Å². The summed E-state index contributed by atoms with van der Waals surface area (Å²) in [6.45, 7) is 0. The number of hydrogen-bond donors (Lipinski definition) is 2. The van der Waals surface area contributed by atoms with Crippen LogP contribution in [0, 0.1) is 0 Å². The van der Waals surface area contributed by atoms with Crippen LogP contribution >= 0.6 is 0 Å². The van der Waals surface area contributed by atoms with Crippen LogP contribution in [0.2, 0.25) is 0 Å². The minimum atomic E-state index is 0. The summed E-state index contributed by atoms with van der Waals surface area (Å²) in [6, 6.07) is 43.9. The monoisotopic (exact) mass is 673 g/mol. The number of nitrogen functional groups attached to an aromatic ring is 2. The molecule has 0 radical (unpaired) electrons. The van der Waals surface area contributed by atoms with Crippen LogP contribution in [0.3, 0.4) is 0 Å². The van der Waals surface area contributed by atoms with Crippen molar-refractivity contribution in [1.29, 1.82) is 0 Å². The molecule has 4 aromatic carbocycles. The molecule has 8 rings (SSSR count). The fourth-order valence-corrected chi connectivity index (χ4v) is 5.08. The molecule has 0 saturated heterocycles. The SMILES string of the molecule is Nc1c(N)c2c3ccccc3ccc2c2ccccc12.[Rh+3].c1ccc(-c2ccccn2)nc1.c1ccc(-c2ccccn2)nc1. The molecule has 45 heavy (non-hydrogen) atoms. The largest absolute Gasteiger partial charge is 3.00 e. The Morgan fingerprint density at radius 1 is 0.333 bits per heavy atom. The van der Waals surface area contributed by atoms with Gasteiger partial charge < -0.3 is 11.5 Å². The van der Waals surface area contributed by atoms with Crippen LogP contribution < -0.4 is 11.5 Å². The van der Waals surface area contributed by atoms with Crippen molar-refractivity contribution >= 4 is 43.7 Å². The zero-order valence-corrected chi connectivity index (χ0v) is 25.9. The number of nitrogens with zero attached hydrogens (tertiary/aromatic N) is 4. The smallest absolute Gasteiger partial charge is 0.397 e. The average Bonchev–Trinajstić information content (AvgIpc) is 3.12. The number of hydrogen-bond acceptors (Lipinski definition) is 6. The first-order valence-corrected chi connectivity index (χ1v) is 14.2. The van der Waals surface area contributed by atoms with E-state index >= 15 is 0 Å². The molecule has 4 N–H and O–H groups in total. The van der Waals surface area contributed by atoms with E-state index in [4.69, 9.17) is 11.5 Å². The van der Waals surface area contributed by atoms with Gasteiger partial charge in [-0.15, -0.1) is 0 Å². The van der Waals surface area contributed by atoms with Crippen molar-refractivity contribution in [3.63, 3.8) is 0 Å². The van der Waals surface area contributed by atoms with E-state index in [9.17, 15) is 0 Å². The van der Waals surface area contributed by atoms with Gasteiger partial charge in [0.25, 0.3) is 0 Å². The van der Waals surface area contributed by atoms with E-state index in [0.717, 1.165) is 49.7 Å². The number of nitrogens with two attached hydrogens (primary N) is 2. The second-order valence-electron chi connectivity index (χ2n) is 9.94. The molecule has 4 heterocycles. The first-order valence-electron chi connectivity index (χ1n) is 14.2. The molecule has 0 atom stereocenters. The summed E-state index contributed by atoms with van der Waals surface area (Å²) in [5, 5.41) is 6.72. The maximum Gasteiger partial charge on any atom is 3.00 e. The zero-order valence-electron chi connectivity index (χ0n) is 24.3. The molecule has 0 aliphatic heterocycles. The van der Waals surface area contributed by atoms with E-state index in [-0.39, 0.29) is 19.5 Å². The Kier molecular flexibility index (Phi) is 10.2. The Balaban J connectivity index is 0.000000139. The second kappa shape index (κ2) is 14.8. The molecule has 218 valence electrons. The maximum absolute atomic E-state index is 6.33. The van der Waals surface area contributed by atoms with Crippen LogP contribution in [0.1, 0.15) is 0 Å². The van der Waals surface area contributed by atoms with Gasteiger partial charge in [0, 0.05) is 35.6 Å². The molecule has 8 aromatic rings. The molecular weight excluding hydrogens is 643 g/mol. The predicted molar refractivity (Wildman–Crippen MR) is 183 cm³/mol. The Morgan fingerprint density at radius 2 is 0.733 bits per heavy atom. The summed E-state index contributed by atoms with van der Waals surface area (Å²) >= 11 is 0. The Morgan fingerprint density at radius 3 is 1.18 bits per heavy atom. The quantitative estimate of drug-likeness (QED) is 0.0825. The second-order valence-corrected chi connectivity index (χ2v) is 9.94. The van der Waals surface area contributed by atoms with E-state index in [0.29, 0.717) is 11.4 Å². The van der Waals surface area contributed by atoms with Crippen LogP contribution in [0.5, 0.6) is 0 Å². The number of rotatable bonds is 2. The molecule has 6 nitrogen and oxygen atoms in total. The van der Waals surface area contributed by atoms with Crippen LogP contribution in [-0.2, 0) is 19.5 Å². The fourth-order valence-electron chi connectivity index (χ4n) is 5.08. The molecule has 7 heteroatoms. The van der Waals surface area contributed by atoms with Gasteiger partial charge in [-0.05, 0) is 70.1 Å². The Bertz CT molecular complexity index is 1970. The van der Waals surface area contributed by atoms with E-state index in [1.165, 1.54) is 5.39 Å². The Hall–Kier alpha value is -5.52. The van der Waals surface area contributed by atoms with Crippen molar-refractivity contribution in [2.45, 2.75) is 0 Å². The van der Waals surface area contributed by atoms with Crippen LogP contribution in [0.25, 0.3) is 55.1 Å². The molecule has 0 unspecified atom stereocenters.